The zero-order chi connectivity index (χ0) is 23.3. The standard InChI is InChI=1S/3C5H8O3.C4H10O/c3*1-3-5(6)8-7-4-2;1-2-3-4-5/h3*3H,1,4H2,2H3;5H,2-4H2,1H3. The van der Waals surface area contributed by atoms with Crippen LogP contribution in [-0.2, 0) is 43.7 Å². The highest BCUT2D eigenvalue weighted by atomic mass is 17.2. The monoisotopic (exact) mass is 422 g/mol. The predicted octanol–water partition coefficient (Wildman–Crippen LogP) is 2.78. The Balaban J connectivity index is -0.000000146. The molecule has 0 aromatic rings. The summed E-state index contributed by atoms with van der Waals surface area (Å²) >= 11 is 0. The lowest BCUT2D eigenvalue weighted by atomic mass is 10.4. The first-order valence-electron chi connectivity index (χ1n) is 8.83. The van der Waals surface area contributed by atoms with Gasteiger partial charge in [0.1, 0.15) is 0 Å². The zero-order valence-corrected chi connectivity index (χ0v) is 17.7. The number of aliphatic hydroxyl groups is 1. The predicted molar refractivity (Wildman–Crippen MR) is 106 cm³/mol. The summed E-state index contributed by atoms with van der Waals surface area (Å²) in [6, 6.07) is 0. The topological polar surface area (TPSA) is 127 Å². The number of unbranched alkanes of at least 4 members (excludes halogenated alkanes) is 1. The molecule has 0 aromatic heterocycles. The molecule has 0 heterocycles. The van der Waals surface area contributed by atoms with Crippen molar-refractivity contribution in [1.29, 1.82) is 0 Å². The van der Waals surface area contributed by atoms with Gasteiger partial charge in [-0.2, -0.15) is 14.7 Å². The normalized spacial score (nSPS) is 8.17. The number of rotatable bonds is 11. The molecule has 0 spiro atoms. The highest BCUT2D eigenvalue weighted by Gasteiger charge is 1.92. The molecule has 10 heteroatoms. The molecule has 0 bridgehead atoms. The van der Waals surface area contributed by atoms with E-state index in [4.69, 9.17) is 5.11 Å². The molecule has 0 saturated carbocycles. The highest BCUT2D eigenvalue weighted by molar-refractivity contribution is 5.81. The Bertz CT molecular complexity index is 362. The minimum atomic E-state index is -0.563. The molecule has 29 heavy (non-hydrogen) atoms. The van der Waals surface area contributed by atoms with Crippen LogP contribution in [0.5, 0.6) is 0 Å². The first-order chi connectivity index (χ1) is 13.8. The van der Waals surface area contributed by atoms with Gasteiger partial charge in [-0.05, 0) is 27.2 Å². The van der Waals surface area contributed by atoms with Gasteiger partial charge in [-0.25, -0.2) is 14.4 Å². The molecule has 10 nitrogen and oxygen atoms in total. The van der Waals surface area contributed by atoms with Crippen LogP contribution in [0.2, 0.25) is 0 Å². The van der Waals surface area contributed by atoms with Gasteiger partial charge in [-0.1, -0.05) is 33.1 Å². The number of carbonyl (C=O) groups excluding carboxylic acids is 3. The van der Waals surface area contributed by atoms with Crippen molar-refractivity contribution in [2.24, 2.45) is 0 Å². The lowest BCUT2D eigenvalue weighted by Crippen LogP contribution is -2.00. The Hall–Kier alpha value is -2.53. The van der Waals surface area contributed by atoms with Gasteiger partial charge in [0.2, 0.25) is 0 Å². The van der Waals surface area contributed by atoms with Crippen LogP contribution < -0.4 is 0 Å². The van der Waals surface area contributed by atoms with E-state index in [1.807, 2.05) is 0 Å². The summed E-state index contributed by atoms with van der Waals surface area (Å²) in [5.74, 6) is -1.69. The molecule has 0 unspecified atom stereocenters. The van der Waals surface area contributed by atoms with Gasteiger partial charge in [0, 0.05) is 24.8 Å². The lowest BCUT2D eigenvalue weighted by molar-refractivity contribution is -0.264. The van der Waals surface area contributed by atoms with Crippen molar-refractivity contribution in [1.82, 2.24) is 0 Å². The second-order valence-corrected chi connectivity index (χ2v) is 4.12. The maximum absolute atomic E-state index is 10.1. The van der Waals surface area contributed by atoms with Crippen molar-refractivity contribution in [3.63, 3.8) is 0 Å². The van der Waals surface area contributed by atoms with Crippen molar-refractivity contribution >= 4 is 17.9 Å². The zero-order valence-electron chi connectivity index (χ0n) is 17.7. The van der Waals surface area contributed by atoms with E-state index < -0.39 is 17.9 Å². The minimum Gasteiger partial charge on any atom is -0.396 e. The van der Waals surface area contributed by atoms with Crippen molar-refractivity contribution in [3.05, 3.63) is 38.0 Å². The van der Waals surface area contributed by atoms with E-state index in [2.05, 4.69) is 56.0 Å². The molecular formula is C19H34O10. The van der Waals surface area contributed by atoms with Gasteiger partial charge in [0.25, 0.3) is 0 Å². The fraction of sp³-hybridized carbons (Fsp3) is 0.526. The van der Waals surface area contributed by atoms with Gasteiger partial charge in [0.05, 0.1) is 19.8 Å². The van der Waals surface area contributed by atoms with Crippen molar-refractivity contribution in [2.75, 3.05) is 26.4 Å². The molecule has 0 rings (SSSR count). The van der Waals surface area contributed by atoms with Gasteiger partial charge >= 0.3 is 17.9 Å². The molecule has 1 N–H and O–H groups in total. The molecule has 0 fully saturated rings. The largest absolute Gasteiger partial charge is 0.396 e. The molecule has 0 aromatic carbocycles. The molecule has 0 saturated heterocycles. The van der Waals surface area contributed by atoms with Gasteiger partial charge in [-0.3, -0.25) is 14.7 Å². The second kappa shape index (κ2) is 33.1. The SMILES string of the molecule is C=CC(=O)OOCC.C=CC(=O)OOCC.C=CC(=O)OOCC.CCCCO. The second-order valence-electron chi connectivity index (χ2n) is 4.12. The van der Waals surface area contributed by atoms with Crippen molar-refractivity contribution in [3.8, 4) is 0 Å². The van der Waals surface area contributed by atoms with Crippen molar-refractivity contribution < 1.29 is 48.8 Å². The molecule has 0 radical (unpaired) electrons. The van der Waals surface area contributed by atoms with Crippen molar-refractivity contribution in [2.45, 2.75) is 40.5 Å². The van der Waals surface area contributed by atoms with Gasteiger partial charge in [0.15, 0.2) is 0 Å². The molecule has 170 valence electrons. The third kappa shape index (κ3) is 46.0. The van der Waals surface area contributed by atoms with Crippen LogP contribution in [-0.4, -0.2) is 49.4 Å². The van der Waals surface area contributed by atoms with Crippen LogP contribution in [0.25, 0.3) is 0 Å². The number of carbonyl (C=O) groups is 3. The van der Waals surface area contributed by atoms with Crippen LogP contribution in [0.4, 0.5) is 0 Å². The van der Waals surface area contributed by atoms with Crippen LogP contribution in [0, 0.1) is 0 Å². The third-order valence-corrected chi connectivity index (χ3v) is 1.79. The summed E-state index contributed by atoms with van der Waals surface area (Å²) in [5, 5.41) is 8.07. The number of hydrogen-bond donors (Lipinski definition) is 1. The average Bonchev–Trinajstić information content (AvgIpc) is 2.75. The molecule has 0 aliphatic carbocycles. The lowest BCUT2D eigenvalue weighted by Gasteiger charge is -1.93. The Morgan fingerprint density at radius 2 is 0.966 bits per heavy atom. The van der Waals surface area contributed by atoms with Crippen LogP contribution in [0.15, 0.2) is 38.0 Å². The smallest absolute Gasteiger partial charge is 0.365 e. The number of aliphatic hydroxyl groups excluding tert-OH is 1. The summed E-state index contributed by atoms with van der Waals surface area (Å²) in [7, 11) is 0. The van der Waals surface area contributed by atoms with E-state index in [-0.39, 0.29) is 0 Å². The molecular weight excluding hydrogens is 388 g/mol. The maximum atomic E-state index is 10.1. The average molecular weight is 422 g/mol. The number of hydrogen-bond acceptors (Lipinski definition) is 10. The summed E-state index contributed by atoms with van der Waals surface area (Å²) < 4.78 is 0. The van der Waals surface area contributed by atoms with Gasteiger partial charge < -0.3 is 5.11 Å². The Morgan fingerprint density at radius 1 is 0.690 bits per heavy atom. The molecule has 0 aliphatic rings. The quantitative estimate of drug-likeness (QED) is 0.301. The van der Waals surface area contributed by atoms with E-state index in [0.29, 0.717) is 26.4 Å². The summed E-state index contributed by atoms with van der Waals surface area (Å²) in [5.41, 5.74) is 0. The molecule has 0 amide bonds. The third-order valence-electron chi connectivity index (χ3n) is 1.79. The highest BCUT2D eigenvalue weighted by Crippen LogP contribution is 1.80. The fourth-order valence-corrected chi connectivity index (χ4v) is 0.611. The van der Waals surface area contributed by atoms with E-state index in [1.54, 1.807) is 20.8 Å². The first kappa shape index (κ1) is 34.0. The van der Waals surface area contributed by atoms with E-state index in [0.717, 1.165) is 31.1 Å². The summed E-state index contributed by atoms with van der Waals surface area (Å²) in [4.78, 5) is 55.4. The van der Waals surface area contributed by atoms with E-state index >= 15 is 0 Å². The maximum Gasteiger partial charge on any atom is 0.365 e. The van der Waals surface area contributed by atoms with E-state index in [9.17, 15) is 14.4 Å². The molecule has 0 atom stereocenters. The first-order valence-corrected chi connectivity index (χ1v) is 8.83. The Morgan fingerprint density at radius 3 is 1.07 bits per heavy atom. The summed E-state index contributed by atoms with van der Waals surface area (Å²) in [6.45, 7) is 18.1. The molecule has 0 aliphatic heterocycles. The van der Waals surface area contributed by atoms with E-state index in [1.165, 1.54) is 0 Å². The Kier molecular flexibility index (Phi) is 38.8. The van der Waals surface area contributed by atoms with Crippen LogP contribution >= 0.6 is 0 Å². The van der Waals surface area contributed by atoms with Crippen LogP contribution in [0.3, 0.4) is 0 Å². The van der Waals surface area contributed by atoms with Gasteiger partial charge in [-0.15, -0.1) is 0 Å². The minimum absolute atomic E-state index is 0.344. The summed E-state index contributed by atoms with van der Waals surface area (Å²) in [6.07, 6.45) is 5.15. The van der Waals surface area contributed by atoms with Crippen LogP contribution in [0.1, 0.15) is 40.5 Å². The fourth-order valence-electron chi connectivity index (χ4n) is 0.611. The Labute approximate surface area is 172 Å².